The van der Waals surface area contributed by atoms with Crippen molar-refractivity contribution in [2.45, 2.75) is 19.6 Å². The molecule has 2 N–H and O–H groups in total. The lowest BCUT2D eigenvalue weighted by molar-refractivity contribution is -0.141. The molecule has 2 rings (SSSR count). The summed E-state index contributed by atoms with van der Waals surface area (Å²) >= 11 is 0. The highest BCUT2D eigenvalue weighted by Gasteiger charge is 2.35. The maximum Gasteiger partial charge on any atom is 0.435 e. The van der Waals surface area contributed by atoms with Gasteiger partial charge in [-0.2, -0.15) is 18.3 Å². The van der Waals surface area contributed by atoms with Crippen molar-refractivity contribution in [3.63, 3.8) is 0 Å². The van der Waals surface area contributed by atoms with Gasteiger partial charge < -0.3 is 0 Å². The van der Waals surface area contributed by atoms with Crippen molar-refractivity contribution in [2.24, 2.45) is 5.14 Å². The van der Waals surface area contributed by atoms with E-state index in [0.717, 1.165) is 11.6 Å². The Bertz CT molecular complexity index is 1180. The molecule has 0 saturated carbocycles. The Labute approximate surface area is 176 Å². The number of halogens is 3. The van der Waals surface area contributed by atoms with E-state index in [1.54, 1.807) is 32.1 Å². The molecule has 0 aliphatic heterocycles. The molecule has 2 aromatic rings. The van der Waals surface area contributed by atoms with Gasteiger partial charge in [-0.05, 0) is 24.0 Å². The van der Waals surface area contributed by atoms with Gasteiger partial charge in [0, 0.05) is 0 Å². The fourth-order valence-electron chi connectivity index (χ4n) is 2.94. The molecule has 0 bridgehead atoms. The Morgan fingerprint density at radius 2 is 1.80 bits per heavy atom. The van der Waals surface area contributed by atoms with E-state index < -0.39 is 21.9 Å². The average Bonchev–Trinajstić information content (AvgIpc) is 3.05. The van der Waals surface area contributed by atoms with E-state index in [4.69, 9.17) is 11.6 Å². The van der Waals surface area contributed by atoms with Crippen molar-refractivity contribution in [3.05, 3.63) is 62.9 Å². The lowest BCUT2D eigenvalue weighted by Crippen LogP contribution is -2.20. The number of hydrogen-bond acceptors (Lipinski definition) is 3. The highest BCUT2D eigenvalue weighted by Crippen LogP contribution is 2.32. The molecule has 0 unspecified atom stereocenters. The van der Waals surface area contributed by atoms with E-state index in [2.05, 4.69) is 11.0 Å². The second-order valence-corrected chi connectivity index (χ2v) is 8.48. The summed E-state index contributed by atoms with van der Waals surface area (Å²) in [7, 11) is 0.411. The minimum atomic E-state index is -4.62. The van der Waals surface area contributed by atoms with Crippen molar-refractivity contribution in [3.8, 4) is 23.6 Å². The van der Waals surface area contributed by atoms with Crippen LogP contribution < -0.4 is 5.14 Å². The van der Waals surface area contributed by atoms with E-state index in [9.17, 15) is 21.6 Å². The van der Waals surface area contributed by atoms with Crippen LogP contribution in [0.2, 0.25) is 0 Å². The van der Waals surface area contributed by atoms with Gasteiger partial charge in [-0.15, -0.1) is 6.42 Å². The molecule has 0 aliphatic rings. The van der Waals surface area contributed by atoms with Gasteiger partial charge in [0.05, 0.1) is 17.1 Å². The minimum absolute atomic E-state index is 0.0814. The van der Waals surface area contributed by atoms with Crippen LogP contribution in [0, 0.1) is 19.3 Å². The van der Waals surface area contributed by atoms with Crippen molar-refractivity contribution in [1.82, 2.24) is 9.78 Å². The predicted molar refractivity (Wildman–Crippen MR) is 119 cm³/mol. The molecule has 5 nitrogen and oxygen atoms in total. The number of aryl methyl sites for hydroxylation is 1. The Kier molecular flexibility index (Phi) is 6.79. The number of hydrogen-bond donors (Lipinski definition) is 1. The standard InChI is InChI=1S/C18H19B3F3N3O2S/c1-3-12(19)17(30(25,28)29)16(21)13(20)9-27-14(8-15(26-27)18(22,23)24)11-6-4-10(2)5-7-11/h1,4-8H,9,19-21H2,2H3,(H2,25,28,29)/b16-13-,17-12-. The number of benzene rings is 1. The quantitative estimate of drug-likeness (QED) is 0.416. The zero-order valence-electron chi connectivity index (χ0n) is 17.0. The molecule has 30 heavy (non-hydrogen) atoms. The number of terminal acetylenes is 1. The number of nitrogens with zero attached hydrogens (tertiary/aromatic N) is 2. The number of primary sulfonamides is 1. The van der Waals surface area contributed by atoms with Crippen molar-refractivity contribution >= 4 is 33.6 Å². The minimum Gasteiger partial charge on any atom is -0.261 e. The van der Waals surface area contributed by atoms with E-state index in [-0.39, 0.29) is 28.1 Å². The van der Waals surface area contributed by atoms with Crippen LogP contribution in [0.1, 0.15) is 11.3 Å². The van der Waals surface area contributed by atoms with Crippen molar-refractivity contribution in [1.29, 1.82) is 0 Å². The summed E-state index contributed by atoms with van der Waals surface area (Å²) in [6.45, 7) is 1.79. The van der Waals surface area contributed by atoms with Gasteiger partial charge in [-0.3, -0.25) is 4.68 Å². The molecule has 1 aromatic carbocycles. The smallest absolute Gasteiger partial charge is 0.261 e. The molecule has 0 fully saturated rings. The molecule has 0 amide bonds. The Balaban J connectivity index is 2.64. The molecular formula is C18H19B3F3N3O2S. The van der Waals surface area contributed by atoms with Crippen LogP contribution in [0.4, 0.5) is 13.2 Å². The SMILES string of the molecule is B/C(Cn1nc(C(F)(F)F)cc1-c1ccc(C)cc1)=C(B)/C(=C(/B)C#C)S(N)(=O)=O. The second kappa shape index (κ2) is 8.62. The van der Waals surface area contributed by atoms with Crippen molar-refractivity contribution < 1.29 is 21.6 Å². The fraction of sp³-hybridized carbons (Fsp3) is 0.167. The first-order valence-corrected chi connectivity index (χ1v) is 10.4. The fourth-order valence-corrected chi connectivity index (χ4v) is 4.03. The largest absolute Gasteiger partial charge is 0.435 e. The van der Waals surface area contributed by atoms with Crippen molar-refractivity contribution in [2.75, 3.05) is 0 Å². The summed E-state index contributed by atoms with van der Waals surface area (Å²) in [6.07, 6.45) is 0.709. The van der Waals surface area contributed by atoms with Crippen LogP contribution in [0.5, 0.6) is 0 Å². The maximum atomic E-state index is 13.3. The van der Waals surface area contributed by atoms with Crippen LogP contribution in [-0.2, 0) is 22.7 Å². The molecular weight excluding hydrogens is 412 g/mol. The van der Waals surface area contributed by atoms with E-state index in [0.29, 0.717) is 11.0 Å². The van der Waals surface area contributed by atoms with Gasteiger partial charge in [-0.1, -0.05) is 46.7 Å². The number of allylic oxidation sites excluding steroid dienone is 3. The monoisotopic (exact) mass is 431 g/mol. The predicted octanol–water partition coefficient (Wildman–Crippen LogP) is 0.122. The van der Waals surface area contributed by atoms with Crippen LogP contribution in [-0.4, -0.2) is 41.7 Å². The van der Waals surface area contributed by atoms with Crippen LogP contribution in [0.3, 0.4) is 0 Å². The molecule has 0 radical (unpaired) electrons. The number of sulfonamides is 1. The molecule has 12 heteroatoms. The van der Waals surface area contributed by atoms with Gasteiger partial charge in [0.1, 0.15) is 15.7 Å². The molecule has 1 heterocycles. The first kappa shape index (κ1) is 23.6. The lowest BCUT2D eigenvalue weighted by atomic mass is 9.77. The average molecular weight is 431 g/mol. The van der Waals surface area contributed by atoms with Crippen LogP contribution in [0.15, 0.2) is 51.7 Å². The van der Waals surface area contributed by atoms with Gasteiger partial charge in [0.25, 0.3) is 0 Å². The molecule has 0 spiro atoms. The van der Waals surface area contributed by atoms with Gasteiger partial charge in [-0.25, -0.2) is 13.6 Å². The second-order valence-electron chi connectivity index (χ2n) is 6.99. The topological polar surface area (TPSA) is 78.0 Å². The first-order valence-electron chi connectivity index (χ1n) is 8.84. The summed E-state index contributed by atoms with van der Waals surface area (Å²) in [6, 6.07) is 7.94. The maximum absolute atomic E-state index is 13.3. The number of rotatable bonds is 5. The summed E-state index contributed by atoms with van der Waals surface area (Å²) < 4.78 is 65.0. The third-order valence-corrected chi connectivity index (χ3v) is 5.81. The van der Waals surface area contributed by atoms with E-state index >= 15 is 0 Å². The summed E-state index contributed by atoms with van der Waals surface area (Å²) in [5.74, 6) is 2.25. The highest BCUT2D eigenvalue weighted by atomic mass is 32.2. The summed E-state index contributed by atoms with van der Waals surface area (Å²) in [4.78, 5) is -0.220. The van der Waals surface area contributed by atoms with E-state index in [1.807, 2.05) is 6.92 Å². The number of nitrogens with two attached hydrogens (primary N) is 1. The molecule has 1 aromatic heterocycles. The number of aromatic nitrogens is 2. The van der Waals surface area contributed by atoms with E-state index in [1.165, 1.54) is 20.4 Å². The first-order chi connectivity index (χ1) is 13.8. The summed E-state index contributed by atoms with van der Waals surface area (Å²) in [5, 5.41) is 9.01. The highest BCUT2D eigenvalue weighted by molar-refractivity contribution is 7.93. The Morgan fingerprint density at radius 1 is 1.23 bits per heavy atom. The molecule has 0 saturated heterocycles. The van der Waals surface area contributed by atoms with Gasteiger partial charge >= 0.3 is 6.18 Å². The normalized spacial score (nSPS) is 14.0. The van der Waals surface area contributed by atoms with Crippen LogP contribution in [0.25, 0.3) is 11.3 Å². The van der Waals surface area contributed by atoms with Crippen LogP contribution >= 0.6 is 0 Å². The Hall–Kier alpha value is -2.64. The third kappa shape index (κ3) is 5.29. The summed E-state index contributed by atoms with van der Waals surface area (Å²) in [5.41, 5.74) is 1.57. The van der Waals surface area contributed by atoms with Gasteiger partial charge in [0.2, 0.25) is 10.0 Å². The third-order valence-electron chi connectivity index (χ3n) is 4.63. The molecule has 0 aliphatic carbocycles. The Morgan fingerprint density at radius 3 is 2.27 bits per heavy atom. The zero-order chi connectivity index (χ0) is 22.9. The zero-order valence-corrected chi connectivity index (χ0v) is 17.8. The number of alkyl halides is 3. The lowest BCUT2D eigenvalue weighted by Gasteiger charge is -2.15. The molecule has 0 atom stereocenters. The van der Waals surface area contributed by atoms with Gasteiger partial charge in [0.15, 0.2) is 13.5 Å². The molecule has 154 valence electrons.